The molecular formula is C15H15N5O3S. The maximum atomic E-state index is 12.5. The van der Waals surface area contributed by atoms with Gasteiger partial charge in [-0.2, -0.15) is 5.10 Å². The first kappa shape index (κ1) is 16.1. The summed E-state index contributed by atoms with van der Waals surface area (Å²) in [4.78, 5) is 42.1. The minimum atomic E-state index is -0.432. The van der Waals surface area contributed by atoms with Crippen molar-refractivity contribution in [3.8, 4) is 0 Å². The van der Waals surface area contributed by atoms with Crippen LogP contribution in [0.15, 0.2) is 28.2 Å². The molecule has 0 radical (unpaired) electrons. The third-order valence-corrected chi connectivity index (χ3v) is 4.84. The predicted octanol–water partition coefficient (Wildman–Crippen LogP) is 0.807. The Morgan fingerprint density at radius 1 is 1.33 bits per heavy atom. The van der Waals surface area contributed by atoms with Gasteiger partial charge in [-0.25, -0.2) is 9.67 Å². The summed E-state index contributed by atoms with van der Waals surface area (Å²) in [5.74, 6) is -0.432. The minimum absolute atomic E-state index is 0.189. The zero-order chi connectivity index (χ0) is 17.4. The van der Waals surface area contributed by atoms with E-state index >= 15 is 0 Å². The van der Waals surface area contributed by atoms with Crippen LogP contribution in [0.4, 0.5) is 5.69 Å². The largest absolute Gasteiger partial charge is 0.323 e. The summed E-state index contributed by atoms with van der Waals surface area (Å²) in [5.41, 5.74) is 0.585. The molecule has 0 saturated carbocycles. The van der Waals surface area contributed by atoms with E-state index < -0.39 is 5.91 Å². The number of aromatic nitrogens is 4. The van der Waals surface area contributed by atoms with Crippen molar-refractivity contribution in [3.63, 3.8) is 0 Å². The number of nitrogens with one attached hydrogen (secondary N) is 1. The number of carbonyl (C=O) groups excluding carboxylic acids is 1. The van der Waals surface area contributed by atoms with Gasteiger partial charge < -0.3 is 5.32 Å². The normalized spacial score (nSPS) is 11.0. The summed E-state index contributed by atoms with van der Waals surface area (Å²) >= 11 is 1.46. The molecule has 24 heavy (non-hydrogen) atoms. The summed E-state index contributed by atoms with van der Waals surface area (Å²) < 4.78 is 2.41. The van der Waals surface area contributed by atoms with Crippen LogP contribution in [0, 0.1) is 13.8 Å². The van der Waals surface area contributed by atoms with Gasteiger partial charge in [0.25, 0.3) is 11.1 Å². The standard InChI is InChI=1S/C15H15N5O3S/c1-8-9(2)24-14-13(8)15(23)20(7-16-14)6-11(21)18-10-4-12(22)19(3)17-5-10/h4-5,7H,6H2,1-3H3,(H,18,21). The van der Waals surface area contributed by atoms with Crippen molar-refractivity contribution in [1.82, 2.24) is 19.3 Å². The Balaban J connectivity index is 1.86. The molecule has 0 saturated heterocycles. The highest BCUT2D eigenvalue weighted by molar-refractivity contribution is 7.18. The number of hydrogen-bond acceptors (Lipinski definition) is 6. The van der Waals surface area contributed by atoms with Gasteiger partial charge in [0.15, 0.2) is 0 Å². The minimum Gasteiger partial charge on any atom is -0.323 e. The fraction of sp³-hybridized carbons (Fsp3) is 0.267. The molecule has 0 aliphatic carbocycles. The van der Waals surface area contributed by atoms with E-state index in [4.69, 9.17) is 0 Å². The molecule has 9 heteroatoms. The number of thiophene rings is 1. The molecule has 0 aromatic carbocycles. The van der Waals surface area contributed by atoms with E-state index in [1.165, 1.54) is 41.5 Å². The van der Waals surface area contributed by atoms with Gasteiger partial charge in [-0.15, -0.1) is 11.3 Å². The predicted molar refractivity (Wildman–Crippen MR) is 91.5 cm³/mol. The molecule has 0 spiro atoms. The zero-order valence-electron chi connectivity index (χ0n) is 13.4. The number of anilines is 1. The fourth-order valence-electron chi connectivity index (χ4n) is 2.28. The van der Waals surface area contributed by atoms with Crippen molar-refractivity contribution < 1.29 is 4.79 Å². The highest BCUT2D eigenvalue weighted by Gasteiger charge is 2.14. The average molecular weight is 345 g/mol. The van der Waals surface area contributed by atoms with Crippen LogP contribution < -0.4 is 16.4 Å². The Labute approximate surface area is 140 Å². The van der Waals surface area contributed by atoms with E-state index in [0.29, 0.717) is 10.2 Å². The fourth-order valence-corrected chi connectivity index (χ4v) is 3.26. The lowest BCUT2D eigenvalue weighted by molar-refractivity contribution is -0.116. The van der Waals surface area contributed by atoms with Crippen LogP contribution in [-0.4, -0.2) is 25.2 Å². The van der Waals surface area contributed by atoms with Crippen molar-refractivity contribution in [2.24, 2.45) is 7.05 Å². The number of amides is 1. The van der Waals surface area contributed by atoms with Crippen molar-refractivity contribution >= 4 is 33.1 Å². The van der Waals surface area contributed by atoms with Crippen molar-refractivity contribution in [3.05, 3.63) is 49.7 Å². The van der Waals surface area contributed by atoms with Crippen LogP contribution in [-0.2, 0) is 18.4 Å². The Kier molecular flexibility index (Phi) is 4.02. The first-order chi connectivity index (χ1) is 11.4. The van der Waals surface area contributed by atoms with E-state index in [-0.39, 0.29) is 23.4 Å². The van der Waals surface area contributed by atoms with Gasteiger partial charge in [0, 0.05) is 18.0 Å². The van der Waals surface area contributed by atoms with Crippen molar-refractivity contribution in [2.45, 2.75) is 20.4 Å². The quantitative estimate of drug-likeness (QED) is 0.757. The van der Waals surface area contributed by atoms with Crippen LogP contribution in [0.25, 0.3) is 10.2 Å². The summed E-state index contributed by atoms with van der Waals surface area (Å²) in [6, 6.07) is 1.27. The molecule has 3 rings (SSSR count). The molecule has 1 amide bonds. The van der Waals surface area contributed by atoms with Gasteiger partial charge in [-0.3, -0.25) is 19.0 Å². The maximum Gasteiger partial charge on any atom is 0.268 e. The highest BCUT2D eigenvalue weighted by atomic mass is 32.1. The monoisotopic (exact) mass is 345 g/mol. The molecule has 0 bridgehead atoms. The first-order valence-electron chi connectivity index (χ1n) is 7.15. The topological polar surface area (TPSA) is 98.9 Å². The van der Waals surface area contributed by atoms with Crippen LogP contribution >= 0.6 is 11.3 Å². The molecule has 3 aromatic rings. The van der Waals surface area contributed by atoms with E-state index in [9.17, 15) is 14.4 Å². The van der Waals surface area contributed by atoms with Crippen molar-refractivity contribution in [1.29, 1.82) is 0 Å². The lowest BCUT2D eigenvalue weighted by Crippen LogP contribution is -2.28. The highest BCUT2D eigenvalue weighted by Crippen LogP contribution is 2.25. The van der Waals surface area contributed by atoms with E-state index in [1.54, 1.807) is 0 Å². The molecule has 1 N–H and O–H groups in total. The zero-order valence-corrected chi connectivity index (χ0v) is 14.2. The summed E-state index contributed by atoms with van der Waals surface area (Å²) in [6.07, 6.45) is 2.73. The Hall–Kier alpha value is -2.81. The van der Waals surface area contributed by atoms with E-state index in [0.717, 1.165) is 15.1 Å². The number of aryl methyl sites for hydroxylation is 3. The number of fused-ring (bicyclic) bond motifs is 1. The molecule has 124 valence electrons. The second-order valence-electron chi connectivity index (χ2n) is 5.40. The Morgan fingerprint density at radius 3 is 2.79 bits per heavy atom. The van der Waals surface area contributed by atoms with E-state index in [1.807, 2.05) is 13.8 Å². The smallest absolute Gasteiger partial charge is 0.268 e. The van der Waals surface area contributed by atoms with Crippen LogP contribution in [0.1, 0.15) is 10.4 Å². The van der Waals surface area contributed by atoms with Crippen LogP contribution in [0.3, 0.4) is 0 Å². The molecule has 0 unspecified atom stereocenters. The van der Waals surface area contributed by atoms with Crippen LogP contribution in [0.2, 0.25) is 0 Å². The van der Waals surface area contributed by atoms with Crippen LogP contribution in [0.5, 0.6) is 0 Å². The van der Waals surface area contributed by atoms with Gasteiger partial charge in [-0.1, -0.05) is 0 Å². The summed E-state index contributed by atoms with van der Waals surface area (Å²) in [5, 5.41) is 6.92. The molecule has 3 aromatic heterocycles. The molecule has 3 heterocycles. The second-order valence-corrected chi connectivity index (χ2v) is 6.60. The van der Waals surface area contributed by atoms with Gasteiger partial charge in [0.1, 0.15) is 11.4 Å². The molecule has 0 aliphatic rings. The summed E-state index contributed by atoms with van der Waals surface area (Å²) in [7, 11) is 1.51. The first-order valence-corrected chi connectivity index (χ1v) is 7.97. The molecule has 0 aliphatic heterocycles. The SMILES string of the molecule is Cc1sc2ncn(CC(=O)Nc3cnn(C)c(=O)c3)c(=O)c2c1C. The van der Waals surface area contributed by atoms with E-state index in [2.05, 4.69) is 15.4 Å². The van der Waals surface area contributed by atoms with Crippen molar-refractivity contribution in [2.75, 3.05) is 5.32 Å². The molecule has 0 fully saturated rings. The number of nitrogens with zero attached hydrogens (tertiary/aromatic N) is 4. The summed E-state index contributed by atoms with van der Waals surface area (Å²) in [6.45, 7) is 3.61. The molecule has 0 atom stereocenters. The number of rotatable bonds is 3. The Morgan fingerprint density at radius 2 is 2.08 bits per heavy atom. The van der Waals surface area contributed by atoms with Gasteiger partial charge in [-0.05, 0) is 19.4 Å². The second kappa shape index (κ2) is 6.00. The van der Waals surface area contributed by atoms with Gasteiger partial charge >= 0.3 is 0 Å². The number of carbonyl (C=O) groups is 1. The average Bonchev–Trinajstić information content (AvgIpc) is 2.81. The molecule has 8 nitrogen and oxygen atoms in total. The van der Waals surface area contributed by atoms with Gasteiger partial charge in [0.2, 0.25) is 5.91 Å². The third-order valence-electron chi connectivity index (χ3n) is 3.72. The lowest BCUT2D eigenvalue weighted by Gasteiger charge is -2.07. The Bertz CT molecular complexity index is 1060. The number of hydrogen-bond donors (Lipinski definition) is 1. The molecular weight excluding hydrogens is 330 g/mol. The maximum absolute atomic E-state index is 12.5. The van der Waals surface area contributed by atoms with Gasteiger partial charge in [0.05, 0.1) is 23.6 Å². The third kappa shape index (κ3) is 2.85. The lowest BCUT2D eigenvalue weighted by atomic mass is 10.2.